The minimum Gasteiger partial charge on any atom is -0.480 e. The van der Waals surface area contributed by atoms with E-state index in [0.29, 0.717) is 6.04 Å². The molecule has 126 valence electrons. The Labute approximate surface area is 137 Å². The predicted octanol–water partition coefficient (Wildman–Crippen LogP) is 2.22. The normalized spacial score (nSPS) is 24.0. The van der Waals surface area contributed by atoms with Crippen LogP contribution in [0.1, 0.15) is 26.2 Å². The third-order valence-electron chi connectivity index (χ3n) is 5.18. The maximum atomic E-state index is 10.8. The Bertz CT molecular complexity index is 526. The Balaban J connectivity index is 1.61. The molecule has 1 spiro atoms. The lowest BCUT2D eigenvalue weighted by molar-refractivity contribution is -0.139. The second kappa shape index (κ2) is 6.89. The molecule has 0 unspecified atom stereocenters. The van der Waals surface area contributed by atoms with Crippen LogP contribution in [0.4, 0.5) is 5.69 Å². The number of likely N-dealkylation sites (tertiary alicyclic amines) is 1. The SMILES string of the molecule is CCN(c1ccccc1)[C@@H]1COC2(CCN(CC(=O)O)CC2)C1. The number of carboxylic acid groups (broad SMARTS) is 1. The minimum atomic E-state index is -0.743. The van der Waals surface area contributed by atoms with Gasteiger partial charge in [-0.3, -0.25) is 9.69 Å². The predicted molar refractivity (Wildman–Crippen MR) is 89.9 cm³/mol. The molecular weight excluding hydrogens is 292 g/mol. The van der Waals surface area contributed by atoms with Gasteiger partial charge in [0.2, 0.25) is 0 Å². The Kier molecular flexibility index (Phi) is 4.87. The largest absolute Gasteiger partial charge is 0.480 e. The van der Waals surface area contributed by atoms with Gasteiger partial charge < -0.3 is 14.7 Å². The third-order valence-corrected chi connectivity index (χ3v) is 5.18. The summed E-state index contributed by atoms with van der Waals surface area (Å²) in [6, 6.07) is 10.9. The maximum absolute atomic E-state index is 10.8. The number of hydrogen-bond donors (Lipinski definition) is 1. The van der Waals surface area contributed by atoms with Crippen molar-refractivity contribution in [1.29, 1.82) is 0 Å². The number of likely N-dealkylation sites (N-methyl/N-ethyl adjacent to an activating group) is 1. The first-order valence-electron chi connectivity index (χ1n) is 8.52. The number of piperidine rings is 1. The molecule has 0 saturated carbocycles. The van der Waals surface area contributed by atoms with Crippen LogP contribution < -0.4 is 4.90 Å². The topological polar surface area (TPSA) is 53.0 Å². The lowest BCUT2D eigenvalue weighted by Crippen LogP contribution is -2.46. The number of rotatable bonds is 5. The summed E-state index contributed by atoms with van der Waals surface area (Å²) in [7, 11) is 0. The highest BCUT2D eigenvalue weighted by atomic mass is 16.5. The first kappa shape index (κ1) is 16.3. The number of para-hydroxylation sites is 1. The van der Waals surface area contributed by atoms with Gasteiger partial charge in [0.1, 0.15) is 0 Å². The van der Waals surface area contributed by atoms with Crippen LogP contribution in [0.15, 0.2) is 30.3 Å². The fourth-order valence-electron chi connectivity index (χ4n) is 3.95. The number of aliphatic carboxylic acids is 1. The molecule has 23 heavy (non-hydrogen) atoms. The standard InChI is InChI=1S/C18H26N2O3/c1-2-20(15-6-4-3-5-7-15)16-12-18(23-14-16)8-10-19(11-9-18)13-17(21)22/h3-7,16H,2,8-14H2,1H3,(H,21,22)/t16-/m0/s1. The molecule has 0 aromatic heterocycles. The molecule has 5 nitrogen and oxygen atoms in total. The second-order valence-corrected chi connectivity index (χ2v) is 6.64. The Morgan fingerprint density at radius 2 is 2.04 bits per heavy atom. The quantitative estimate of drug-likeness (QED) is 0.902. The van der Waals surface area contributed by atoms with Gasteiger partial charge in [0.15, 0.2) is 0 Å². The van der Waals surface area contributed by atoms with Crippen molar-refractivity contribution in [2.24, 2.45) is 0 Å². The zero-order valence-corrected chi connectivity index (χ0v) is 13.8. The lowest BCUT2D eigenvalue weighted by Gasteiger charge is -2.38. The van der Waals surface area contributed by atoms with Gasteiger partial charge in [0.05, 0.1) is 24.8 Å². The van der Waals surface area contributed by atoms with Crippen LogP contribution >= 0.6 is 0 Å². The van der Waals surface area contributed by atoms with E-state index in [1.165, 1.54) is 5.69 Å². The zero-order chi connectivity index (χ0) is 16.3. The maximum Gasteiger partial charge on any atom is 0.317 e. The van der Waals surface area contributed by atoms with Crippen LogP contribution in [0, 0.1) is 0 Å². The van der Waals surface area contributed by atoms with Crippen molar-refractivity contribution in [3.8, 4) is 0 Å². The van der Waals surface area contributed by atoms with E-state index in [1.807, 2.05) is 11.0 Å². The highest BCUT2D eigenvalue weighted by molar-refractivity contribution is 5.69. The van der Waals surface area contributed by atoms with Crippen LogP contribution in [-0.4, -0.2) is 60.4 Å². The number of carbonyl (C=O) groups is 1. The van der Waals surface area contributed by atoms with E-state index in [2.05, 4.69) is 36.1 Å². The Morgan fingerprint density at radius 3 is 2.65 bits per heavy atom. The number of anilines is 1. The molecule has 2 aliphatic rings. The lowest BCUT2D eigenvalue weighted by atomic mass is 9.87. The van der Waals surface area contributed by atoms with E-state index in [4.69, 9.17) is 9.84 Å². The van der Waals surface area contributed by atoms with Gasteiger partial charge in [-0.05, 0) is 38.3 Å². The Morgan fingerprint density at radius 1 is 1.35 bits per heavy atom. The van der Waals surface area contributed by atoms with Gasteiger partial charge in [-0.2, -0.15) is 0 Å². The molecule has 1 N–H and O–H groups in total. The van der Waals surface area contributed by atoms with Crippen LogP contribution in [-0.2, 0) is 9.53 Å². The van der Waals surface area contributed by atoms with Gasteiger partial charge in [-0.15, -0.1) is 0 Å². The van der Waals surface area contributed by atoms with Crippen molar-refractivity contribution in [3.05, 3.63) is 30.3 Å². The van der Waals surface area contributed by atoms with E-state index < -0.39 is 5.97 Å². The summed E-state index contributed by atoms with van der Waals surface area (Å²) in [4.78, 5) is 15.3. The molecule has 3 rings (SSSR count). The molecule has 0 bridgehead atoms. The second-order valence-electron chi connectivity index (χ2n) is 6.64. The van der Waals surface area contributed by atoms with Gasteiger partial charge in [0.25, 0.3) is 0 Å². The molecular formula is C18H26N2O3. The van der Waals surface area contributed by atoms with E-state index >= 15 is 0 Å². The van der Waals surface area contributed by atoms with Gasteiger partial charge in [-0.1, -0.05) is 18.2 Å². The van der Waals surface area contributed by atoms with E-state index in [0.717, 1.165) is 45.5 Å². The summed E-state index contributed by atoms with van der Waals surface area (Å²) in [5.41, 5.74) is 1.20. The average molecular weight is 318 g/mol. The van der Waals surface area contributed by atoms with E-state index in [1.54, 1.807) is 0 Å². The van der Waals surface area contributed by atoms with E-state index in [-0.39, 0.29) is 12.1 Å². The summed E-state index contributed by atoms with van der Waals surface area (Å²) in [5, 5.41) is 8.92. The average Bonchev–Trinajstić information content (AvgIpc) is 2.95. The molecule has 2 heterocycles. The third kappa shape index (κ3) is 3.67. The van der Waals surface area contributed by atoms with Crippen molar-refractivity contribution in [2.75, 3.05) is 37.7 Å². The van der Waals surface area contributed by atoms with Gasteiger partial charge >= 0.3 is 5.97 Å². The van der Waals surface area contributed by atoms with Crippen LogP contribution in [0.3, 0.4) is 0 Å². The fraction of sp³-hybridized carbons (Fsp3) is 0.611. The molecule has 1 aromatic carbocycles. The Hall–Kier alpha value is -1.59. The number of ether oxygens (including phenoxy) is 1. The molecule has 2 saturated heterocycles. The van der Waals surface area contributed by atoms with E-state index in [9.17, 15) is 4.79 Å². The molecule has 1 atom stereocenters. The smallest absolute Gasteiger partial charge is 0.317 e. The molecule has 0 aliphatic carbocycles. The first-order chi connectivity index (χ1) is 11.1. The summed E-state index contributed by atoms with van der Waals surface area (Å²) < 4.78 is 6.24. The number of nitrogens with zero attached hydrogens (tertiary/aromatic N) is 2. The molecule has 2 fully saturated rings. The monoisotopic (exact) mass is 318 g/mol. The molecule has 0 radical (unpaired) electrons. The fourth-order valence-corrected chi connectivity index (χ4v) is 3.95. The summed E-state index contributed by atoms with van der Waals surface area (Å²) in [6.45, 7) is 5.70. The number of benzene rings is 1. The summed E-state index contributed by atoms with van der Waals surface area (Å²) >= 11 is 0. The van der Waals surface area contributed by atoms with Gasteiger partial charge in [-0.25, -0.2) is 0 Å². The number of carboxylic acids is 1. The number of hydrogen-bond acceptors (Lipinski definition) is 4. The van der Waals surface area contributed by atoms with Crippen LogP contribution in [0.25, 0.3) is 0 Å². The van der Waals surface area contributed by atoms with Crippen molar-refractivity contribution >= 4 is 11.7 Å². The van der Waals surface area contributed by atoms with Crippen molar-refractivity contribution in [1.82, 2.24) is 4.90 Å². The van der Waals surface area contributed by atoms with Crippen LogP contribution in [0.5, 0.6) is 0 Å². The summed E-state index contributed by atoms with van der Waals surface area (Å²) in [5.74, 6) is -0.743. The van der Waals surface area contributed by atoms with Crippen LogP contribution in [0.2, 0.25) is 0 Å². The van der Waals surface area contributed by atoms with Crippen molar-refractivity contribution in [2.45, 2.75) is 37.8 Å². The summed E-state index contributed by atoms with van der Waals surface area (Å²) in [6.07, 6.45) is 2.91. The highest BCUT2D eigenvalue weighted by Crippen LogP contribution is 2.38. The molecule has 2 aliphatic heterocycles. The molecule has 1 aromatic rings. The first-order valence-corrected chi connectivity index (χ1v) is 8.52. The zero-order valence-electron chi connectivity index (χ0n) is 13.8. The minimum absolute atomic E-state index is 0.0537. The molecule has 0 amide bonds. The van der Waals surface area contributed by atoms with Crippen molar-refractivity contribution < 1.29 is 14.6 Å². The van der Waals surface area contributed by atoms with Crippen molar-refractivity contribution in [3.63, 3.8) is 0 Å². The molecule has 5 heteroatoms. The highest BCUT2D eigenvalue weighted by Gasteiger charge is 2.44. The van der Waals surface area contributed by atoms with Gasteiger partial charge in [0, 0.05) is 25.3 Å².